The predicted molar refractivity (Wildman–Crippen MR) is 84.3 cm³/mol. The van der Waals surface area contributed by atoms with Crippen molar-refractivity contribution in [2.75, 3.05) is 13.2 Å². The van der Waals surface area contributed by atoms with E-state index in [4.69, 9.17) is 9.47 Å². The number of ketones is 1. The summed E-state index contributed by atoms with van der Waals surface area (Å²) in [6.07, 6.45) is 1.44. The average molecular weight is 387 g/mol. The van der Waals surface area contributed by atoms with Crippen LogP contribution in [0.15, 0.2) is 35.3 Å². The van der Waals surface area contributed by atoms with Crippen LogP contribution in [0.1, 0.15) is 23.7 Å². The monoisotopic (exact) mass is 386 g/mol. The molecule has 1 unspecified atom stereocenters. The maximum absolute atomic E-state index is 13.0. The standard InChI is InChI=1S/C16H16BrFO5/c1-3-5-12(15(20)22-4-2)16(21)23-9-14(19)11-7-6-10(18)8-13(11)17/h3,6-8,12H,1,4-5,9H2,2H3. The van der Waals surface area contributed by atoms with Crippen LogP contribution in [0.3, 0.4) is 0 Å². The molecular formula is C16H16BrFO5. The van der Waals surface area contributed by atoms with Crippen molar-refractivity contribution in [1.29, 1.82) is 0 Å². The average Bonchev–Trinajstić information content (AvgIpc) is 2.50. The van der Waals surface area contributed by atoms with Gasteiger partial charge in [-0.1, -0.05) is 6.08 Å². The Bertz CT molecular complexity index is 614. The molecule has 0 aromatic heterocycles. The summed E-state index contributed by atoms with van der Waals surface area (Å²) < 4.78 is 22.9. The summed E-state index contributed by atoms with van der Waals surface area (Å²) in [5.41, 5.74) is 0.176. The summed E-state index contributed by atoms with van der Waals surface area (Å²) in [4.78, 5) is 35.6. The van der Waals surface area contributed by atoms with Gasteiger partial charge in [-0.3, -0.25) is 14.4 Å². The molecule has 0 radical (unpaired) electrons. The van der Waals surface area contributed by atoms with E-state index in [9.17, 15) is 18.8 Å². The highest BCUT2D eigenvalue weighted by Crippen LogP contribution is 2.19. The number of benzene rings is 1. The molecule has 5 nitrogen and oxygen atoms in total. The molecule has 1 aromatic rings. The van der Waals surface area contributed by atoms with Crippen molar-refractivity contribution in [2.24, 2.45) is 5.92 Å². The van der Waals surface area contributed by atoms with E-state index in [-0.39, 0.29) is 23.1 Å². The third-order valence-corrected chi connectivity index (χ3v) is 3.49. The Morgan fingerprint density at radius 2 is 1.96 bits per heavy atom. The zero-order valence-electron chi connectivity index (χ0n) is 12.5. The Morgan fingerprint density at radius 3 is 2.52 bits per heavy atom. The molecule has 1 aromatic carbocycles. The molecule has 7 heteroatoms. The van der Waals surface area contributed by atoms with Gasteiger partial charge in [0, 0.05) is 10.0 Å². The van der Waals surface area contributed by atoms with E-state index in [1.165, 1.54) is 12.1 Å². The molecule has 0 saturated heterocycles. The first kappa shape index (κ1) is 19.0. The van der Waals surface area contributed by atoms with Crippen LogP contribution >= 0.6 is 15.9 Å². The molecule has 0 aliphatic rings. The largest absolute Gasteiger partial charge is 0.465 e. The first-order valence-electron chi connectivity index (χ1n) is 6.83. The van der Waals surface area contributed by atoms with Crippen molar-refractivity contribution < 1.29 is 28.2 Å². The lowest BCUT2D eigenvalue weighted by atomic mass is 10.1. The topological polar surface area (TPSA) is 69.7 Å². The quantitative estimate of drug-likeness (QED) is 0.297. The van der Waals surface area contributed by atoms with Gasteiger partial charge in [0.15, 0.2) is 12.5 Å². The minimum Gasteiger partial charge on any atom is -0.465 e. The first-order valence-corrected chi connectivity index (χ1v) is 7.62. The van der Waals surface area contributed by atoms with Crippen LogP contribution < -0.4 is 0 Å². The van der Waals surface area contributed by atoms with E-state index in [1.807, 2.05) is 0 Å². The second kappa shape index (κ2) is 9.19. The van der Waals surface area contributed by atoms with Gasteiger partial charge in [-0.05, 0) is 47.5 Å². The zero-order chi connectivity index (χ0) is 17.4. The molecular weight excluding hydrogens is 371 g/mol. The van der Waals surface area contributed by atoms with Crippen LogP contribution in [0.5, 0.6) is 0 Å². The van der Waals surface area contributed by atoms with Crippen LogP contribution in [-0.2, 0) is 19.1 Å². The highest BCUT2D eigenvalue weighted by atomic mass is 79.9. The van der Waals surface area contributed by atoms with E-state index < -0.39 is 36.1 Å². The Kier molecular flexibility index (Phi) is 7.61. The molecule has 0 aliphatic carbocycles. The van der Waals surface area contributed by atoms with Gasteiger partial charge in [0.1, 0.15) is 5.82 Å². The van der Waals surface area contributed by atoms with Gasteiger partial charge in [0.2, 0.25) is 5.78 Å². The highest BCUT2D eigenvalue weighted by molar-refractivity contribution is 9.10. The lowest BCUT2D eigenvalue weighted by Gasteiger charge is -2.13. The molecule has 0 bridgehead atoms. The van der Waals surface area contributed by atoms with E-state index in [2.05, 4.69) is 22.5 Å². The van der Waals surface area contributed by atoms with Crippen molar-refractivity contribution in [3.05, 3.63) is 46.7 Å². The number of hydrogen-bond acceptors (Lipinski definition) is 5. The van der Waals surface area contributed by atoms with Gasteiger partial charge in [-0.25, -0.2) is 4.39 Å². The third kappa shape index (κ3) is 5.59. The van der Waals surface area contributed by atoms with Crippen molar-refractivity contribution in [3.63, 3.8) is 0 Å². The minimum atomic E-state index is -1.16. The highest BCUT2D eigenvalue weighted by Gasteiger charge is 2.29. The number of Topliss-reactive ketones (excluding diaryl/α,β-unsaturated/α-hetero) is 1. The summed E-state index contributed by atoms with van der Waals surface area (Å²) in [5.74, 6) is -3.77. The normalized spacial score (nSPS) is 11.4. The Labute approximate surface area is 141 Å². The summed E-state index contributed by atoms with van der Waals surface area (Å²) in [6.45, 7) is 4.65. The lowest BCUT2D eigenvalue weighted by molar-refractivity contribution is -0.161. The van der Waals surface area contributed by atoms with Crippen LogP contribution in [0.4, 0.5) is 4.39 Å². The van der Waals surface area contributed by atoms with Gasteiger partial charge < -0.3 is 9.47 Å². The molecule has 23 heavy (non-hydrogen) atoms. The molecule has 1 atom stereocenters. The van der Waals surface area contributed by atoms with Crippen molar-refractivity contribution >= 4 is 33.7 Å². The summed E-state index contributed by atoms with van der Waals surface area (Å²) in [7, 11) is 0. The SMILES string of the molecule is C=CCC(C(=O)OCC)C(=O)OCC(=O)c1ccc(F)cc1Br. The van der Waals surface area contributed by atoms with E-state index in [1.54, 1.807) is 6.92 Å². The van der Waals surface area contributed by atoms with E-state index in [0.29, 0.717) is 0 Å². The van der Waals surface area contributed by atoms with Crippen molar-refractivity contribution in [1.82, 2.24) is 0 Å². The number of carbonyl (C=O) groups excluding carboxylic acids is 3. The molecule has 0 heterocycles. The van der Waals surface area contributed by atoms with Crippen LogP contribution in [-0.4, -0.2) is 30.9 Å². The van der Waals surface area contributed by atoms with Gasteiger partial charge in [0.05, 0.1) is 6.61 Å². The third-order valence-electron chi connectivity index (χ3n) is 2.84. The van der Waals surface area contributed by atoms with Gasteiger partial charge >= 0.3 is 11.9 Å². The Balaban J connectivity index is 2.70. The maximum atomic E-state index is 13.0. The fraction of sp³-hybridized carbons (Fsp3) is 0.312. The molecule has 0 fully saturated rings. The van der Waals surface area contributed by atoms with Gasteiger partial charge in [-0.2, -0.15) is 0 Å². The van der Waals surface area contributed by atoms with E-state index >= 15 is 0 Å². The number of esters is 2. The van der Waals surface area contributed by atoms with Gasteiger partial charge in [-0.15, -0.1) is 6.58 Å². The van der Waals surface area contributed by atoms with Crippen LogP contribution in [0, 0.1) is 11.7 Å². The van der Waals surface area contributed by atoms with Gasteiger partial charge in [0.25, 0.3) is 0 Å². The van der Waals surface area contributed by atoms with Crippen LogP contribution in [0.25, 0.3) is 0 Å². The zero-order valence-corrected chi connectivity index (χ0v) is 14.1. The fourth-order valence-electron chi connectivity index (χ4n) is 1.73. The van der Waals surface area contributed by atoms with Crippen molar-refractivity contribution in [3.8, 4) is 0 Å². The Hall–Kier alpha value is -2.02. The number of ether oxygens (including phenoxy) is 2. The van der Waals surface area contributed by atoms with Crippen LogP contribution in [0.2, 0.25) is 0 Å². The molecule has 124 valence electrons. The number of hydrogen-bond donors (Lipinski definition) is 0. The molecule has 0 aliphatic heterocycles. The number of halogens is 2. The van der Waals surface area contributed by atoms with Crippen molar-refractivity contribution in [2.45, 2.75) is 13.3 Å². The fourth-order valence-corrected chi connectivity index (χ4v) is 2.30. The second-order valence-corrected chi connectivity index (χ2v) is 5.34. The smallest absolute Gasteiger partial charge is 0.321 e. The number of allylic oxidation sites excluding steroid dienone is 1. The minimum absolute atomic E-state index is 0.0477. The number of carbonyl (C=O) groups is 3. The first-order chi connectivity index (χ1) is 10.9. The summed E-state index contributed by atoms with van der Waals surface area (Å²) in [5, 5.41) is 0. The van der Waals surface area contributed by atoms with E-state index in [0.717, 1.165) is 12.1 Å². The second-order valence-electron chi connectivity index (χ2n) is 4.48. The molecule has 0 amide bonds. The molecule has 0 N–H and O–H groups in total. The summed E-state index contributed by atoms with van der Waals surface area (Å²) in [6, 6.07) is 3.54. The number of rotatable bonds is 8. The predicted octanol–water partition coefficient (Wildman–Crippen LogP) is 3.07. The Morgan fingerprint density at radius 1 is 1.30 bits per heavy atom. The molecule has 0 saturated carbocycles. The molecule has 0 spiro atoms. The maximum Gasteiger partial charge on any atom is 0.321 e. The summed E-state index contributed by atoms with van der Waals surface area (Å²) >= 11 is 3.06. The molecule has 1 rings (SSSR count). The lowest BCUT2D eigenvalue weighted by Crippen LogP contribution is -2.29.